The number of hydrogen-bond acceptors (Lipinski definition) is 2. The summed E-state index contributed by atoms with van der Waals surface area (Å²) in [6, 6.07) is 0. The molecule has 0 aliphatic carbocycles. The lowest BCUT2D eigenvalue weighted by molar-refractivity contribution is -0.141. The van der Waals surface area contributed by atoms with Crippen LogP contribution in [0.1, 0.15) is 6.42 Å². The molecule has 1 rings (SSSR count). The van der Waals surface area contributed by atoms with E-state index in [1.165, 1.54) is 4.90 Å². The van der Waals surface area contributed by atoms with Gasteiger partial charge in [-0.3, -0.25) is 9.59 Å². The second-order valence-electron chi connectivity index (χ2n) is 2.83. The third kappa shape index (κ3) is 1.64. The van der Waals surface area contributed by atoms with Crippen LogP contribution in [0.3, 0.4) is 0 Å². The van der Waals surface area contributed by atoms with Gasteiger partial charge in [0.05, 0.1) is 5.92 Å². The van der Waals surface area contributed by atoms with E-state index in [4.69, 9.17) is 5.11 Å². The summed E-state index contributed by atoms with van der Waals surface area (Å²) in [4.78, 5) is 23.1. The van der Waals surface area contributed by atoms with Crippen LogP contribution in [0, 0.1) is 5.92 Å². The fraction of sp³-hybridized carbons (Fsp3) is 0.500. The lowest BCUT2D eigenvalue weighted by Crippen LogP contribution is -2.26. The maximum Gasteiger partial charge on any atom is 0.308 e. The molecule has 1 aliphatic heterocycles. The Balaban J connectivity index is 2.55. The standard InChI is InChI=1S/C8H11NO3/c1-2-3-9-5-6(8(11)12)4-7(9)10/h2,6H,1,3-5H2,(H,11,12)/t6-/m0/s1. The van der Waals surface area contributed by atoms with E-state index in [2.05, 4.69) is 6.58 Å². The molecule has 1 saturated heterocycles. The predicted molar refractivity (Wildman–Crippen MR) is 42.5 cm³/mol. The van der Waals surface area contributed by atoms with E-state index in [1.54, 1.807) is 6.08 Å². The van der Waals surface area contributed by atoms with E-state index in [0.717, 1.165) is 0 Å². The summed E-state index contributed by atoms with van der Waals surface area (Å²) >= 11 is 0. The molecule has 0 aromatic heterocycles. The molecule has 0 saturated carbocycles. The average Bonchev–Trinajstić information content (AvgIpc) is 2.34. The highest BCUT2D eigenvalue weighted by atomic mass is 16.4. The molecule has 1 atom stereocenters. The topological polar surface area (TPSA) is 57.6 Å². The number of carboxylic acids is 1. The molecule has 0 spiro atoms. The molecule has 0 radical (unpaired) electrons. The van der Waals surface area contributed by atoms with Crippen LogP contribution in [0.15, 0.2) is 12.7 Å². The molecule has 0 aromatic rings. The molecule has 1 amide bonds. The minimum atomic E-state index is -0.894. The van der Waals surface area contributed by atoms with Crippen LogP contribution in [0.5, 0.6) is 0 Å². The highest BCUT2D eigenvalue weighted by Gasteiger charge is 2.33. The van der Waals surface area contributed by atoms with Crippen LogP contribution in [-0.2, 0) is 9.59 Å². The summed E-state index contributed by atoms with van der Waals surface area (Å²) in [5.74, 6) is -1.52. The molecule has 4 heteroatoms. The van der Waals surface area contributed by atoms with Crippen LogP contribution in [-0.4, -0.2) is 35.0 Å². The van der Waals surface area contributed by atoms with Crippen molar-refractivity contribution in [1.82, 2.24) is 4.90 Å². The smallest absolute Gasteiger partial charge is 0.308 e. The van der Waals surface area contributed by atoms with Gasteiger partial charge in [-0.1, -0.05) is 6.08 Å². The molecule has 66 valence electrons. The zero-order chi connectivity index (χ0) is 9.14. The van der Waals surface area contributed by atoms with Crippen LogP contribution in [0.4, 0.5) is 0 Å². The summed E-state index contributed by atoms with van der Waals surface area (Å²) in [6.07, 6.45) is 1.73. The maximum absolute atomic E-state index is 11.1. The first-order chi connectivity index (χ1) is 5.65. The largest absolute Gasteiger partial charge is 0.481 e. The highest BCUT2D eigenvalue weighted by Crippen LogP contribution is 2.17. The van der Waals surface area contributed by atoms with Gasteiger partial charge in [0.1, 0.15) is 0 Å². The number of nitrogens with zero attached hydrogens (tertiary/aromatic N) is 1. The van der Waals surface area contributed by atoms with Crippen molar-refractivity contribution in [2.45, 2.75) is 6.42 Å². The fourth-order valence-electron chi connectivity index (χ4n) is 1.27. The summed E-state index contributed by atoms with van der Waals surface area (Å²) in [7, 11) is 0. The second-order valence-corrected chi connectivity index (χ2v) is 2.83. The Hall–Kier alpha value is -1.32. The Labute approximate surface area is 70.5 Å². The van der Waals surface area contributed by atoms with E-state index in [0.29, 0.717) is 13.1 Å². The van der Waals surface area contributed by atoms with Gasteiger partial charge in [0.15, 0.2) is 0 Å². The van der Waals surface area contributed by atoms with E-state index in [9.17, 15) is 9.59 Å². The molecule has 4 nitrogen and oxygen atoms in total. The first-order valence-electron chi connectivity index (χ1n) is 3.76. The van der Waals surface area contributed by atoms with Gasteiger partial charge in [0, 0.05) is 19.5 Å². The second kappa shape index (κ2) is 3.38. The van der Waals surface area contributed by atoms with E-state index in [1.807, 2.05) is 0 Å². The molecule has 1 fully saturated rings. The number of carbonyl (C=O) groups is 2. The Bertz CT molecular complexity index is 224. The van der Waals surface area contributed by atoms with Gasteiger partial charge in [0.25, 0.3) is 0 Å². The predicted octanol–water partition coefficient (Wildman–Crippen LogP) is 0.106. The van der Waals surface area contributed by atoms with Crippen LogP contribution >= 0.6 is 0 Å². The maximum atomic E-state index is 11.1. The van der Waals surface area contributed by atoms with Gasteiger partial charge >= 0.3 is 5.97 Å². The van der Waals surface area contributed by atoms with Crippen molar-refractivity contribution < 1.29 is 14.7 Å². The van der Waals surface area contributed by atoms with Crippen molar-refractivity contribution in [2.75, 3.05) is 13.1 Å². The Morgan fingerprint density at radius 3 is 2.92 bits per heavy atom. The molecule has 1 heterocycles. The van der Waals surface area contributed by atoms with E-state index < -0.39 is 11.9 Å². The van der Waals surface area contributed by atoms with Crippen molar-refractivity contribution in [3.05, 3.63) is 12.7 Å². The van der Waals surface area contributed by atoms with Crippen LogP contribution in [0.2, 0.25) is 0 Å². The zero-order valence-corrected chi connectivity index (χ0v) is 6.69. The highest BCUT2D eigenvalue weighted by molar-refractivity contribution is 5.86. The Kier molecular flexibility index (Phi) is 2.47. The molecule has 1 N–H and O–H groups in total. The lowest BCUT2D eigenvalue weighted by atomic mass is 10.1. The third-order valence-electron chi connectivity index (χ3n) is 1.91. The van der Waals surface area contributed by atoms with Gasteiger partial charge in [-0.25, -0.2) is 0 Å². The van der Waals surface area contributed by atoms with Crippen molar-refractivity contribution in [2.24, 2.45) is 5.92 Å². The van der Waals surface area contributed by atoms with Crippen molar-refractivity contribution in [3.63, 3.8) is 0 Å². The quantitative estimate of drug-likeness (QED) is 0.610. The Morgan fingerprint density at radius 1 is 1.83 bits per heavy atom. The molecule has 0 aromatic carbocycles. The molecule has 1 aliphatic rings. The molecular formula is C8H11NO3. The number of aliphatic carboxylic acids is 1. The summed E-state index contributed by atoms with van der Waals surface area (Å²) in [5.41, 5.74) is 0. The number of carbonyl (C=O) groups excluding carboxylic acids is 1. The average molecular weight is 169 g/mol. The summed E-state index contributed by atoms with van der Waals surface area (Å²) in [5, 5.41) is 8.61. The molecule has 12 heavy (non-hydrogen) atoms. The first-order valence-corrected chi connectivity index (χ1v) is 3.76. The third-order valence-corrected chi connectivity index (χ3v) is 1.91. The number of likely N-dealkylation sites (tertiary alicyclic amines) is 1. The van der Waals surface area contributed by atoms with E-state index in [-0.39, 0.29) is 12.3 Å². The Morgan fingerprint density at radius 2 is 2.50 bits per heavy atom. The zero-order valence-electron chi connectivity index (χ0n) is 6.69. The monoisotopic (exact) mass is 169 g/mol. The summed E-state index contributed by atoms with van der Waals surface area (Å²) < 4.78 is 0. The minimum absolute atomic E-state index is 0.0951. The molecule has 0 unspecified atom stereocenters. The fourth-order valence-corrected chi connectivity index (χ4v) is 1.27. The molecular weight excluding hydrogens is 158 g/mol. The van der Waals surface area contributed by atoms with Gasteiger partial charge in [-0.15, -0.1) is 6.58 Å². The van der Waals surface area contributed by atoms with Gasteiger partial charge in [-0.2, -0.15) is 0 Å². The number of rotatable bonds is 3. The van der Waals surface area contributed by atoms with E-state index >= 15 is 0 Å². The summed E-state index contributed by atoms with van der Waals surface area (Å²) in [6.45, 7) is 4.25. The van der Waals surface area contributed by atoms with Crippen molar-refractivity contribution >= 4 is 11.9 Å². The molecule has 0 bridgehead atoms. The van der Waals surface area contributed by atoms with Crippen molar-refractivity contribution in [3.8, 4) is 0 Å². The minimum Gasteiger partial charge on any atom is -0.481 e. The lowest BCUT2D eigenvalue weighted by Gasteiger charge is -2.11. The van der Waals surface area contributed by atoms with Gasteiger partial charge in [-0.05, 0) is 0 Å². The van der Waals surface area contributed by atoms with Crippen LogP contribution < -0.4 is 0 Å². The van der Waals surface area contributed by atoms with Gasteiger partial charge in [0.2, 0.25) is 5.91 Å². The number of carboxylic acid groups (broad SMARTS) is 1. The number of amides is 1. The van der Waals surface area contributed by atoms with Gasteiger partial charge < -0.3 is 10.0 Å². The van der Waals surface area contributed by atoms with Crippen molar-refractivity contribution in [1.29, 1.82) is 0 Å². The van der Waals surface area contributed by atoms with Crippen LogP contribution in [0.25, 0.3) is 0 Å². The number of hydrogen-bond donors (Lipinski definition) is 1. The first kappa shape index (κ1) is 8.77. The normalized spacial score (nSPS) is 22.8. The SMILES string of the molecule is C=CCN1C[C@@H](C(=O)O)CC1=O.